The second kappa shape index (κ2) is 2.91. The van der Waals surface area contributed by atoms with Crippen LogP contribution in [0.15, 0.2) is 16.5 Å². The third-order valence-corrected chi connectivity index (χ3v) is 1.99. The lowest BCUT2D eigenvalue weighted by Gasteiger charge is -1.91. The predicted octanol–water partition coefficient (Wildman–Crippen LogP) is 3.01. The maximum atomic E-state index is 8.63. The molecule has 1 aromatic carbocycles. The van der Waals surface area contributed by atoms with Gasteiger partial charge in [0.2, 0.25) is 0 Å². The highest BCUT2D eigenvalue weighted by Gasteiger charge is 2.08. The lowest BCUT2D eigenvalue weighted by atomic mass is 10.2. The van der Waals surface area contributed by atoms with Gasteiger partial charge in [0.15, 0.2) is 5.58 Å². The van der Waals surface area contributed by atoms with Crippen molar-refractivity contribution < 1.29 is 4.42 Å². The zero-order chi connectivity index (χ0) is 9.42. The summed E-state index contributed by atoms with van der Waals surface area (Å²) in [5, 5.41) is 8.99. The molecule has 0 unspecified atom stereocenters. The topological polar surface area (TPSA) is 49.8 Å². The van der Waals surface area contributed by atoms with Gasteiger partial charge >= 0.3 is 0 Å². The molecule has 0 bridgehead atoms. The summed E-state index contributed by atoms with van der Waals surface area (Å²) in [4.78, 5) is 3.85. The van der Waals surface area contributed by atoms with Crippen LogP contribution in [0.3, 0.4) is 0 Å². The Morgan fingerprint density at radius 3 is 2.85 bits per heavy atom. The van der Waals surface area contributed by atoms with Gasteiger partial charge in [0.25, 0.3) is 5.35 Å². The molecule has 0 aliphatic carbocycles. The molecular weight excluding hydrogens is 211 g/mol. The molecule has 5 heteroatoms. The Hall–Kier alpha value is -1.24. The molecule has 3 nitrogen and oxygen atoms in total. The zero-order valence-electron chi connectivity index (χ0n) is 6.21. The van der Waals surface area contributed by atoms with E-state index in [1.54, 1.807) is 6.07 Å². The van der Waals surface area contributed by atoms with Gasteiger partial charge < -0.3 is 4.42 Å². The molecule has 2 aromatic rings. The summed E-state index contributed by atoms with van der Waals surface area (Å²) in [7, 11) is 0. The van der Waals surface area contributed by atoms with Crippen LogP contribution in [-0.2, 0) is 0 Å². The lowest BCUT2D eigenvalue weighted by molar-refractivity contribution is 0.604. The summed E-state index contributed by atoms with van der Waals surface area (Å²) in [5.41, 5.74) is 1.34. The van der Waals surface area contributed by atoms with Crippen molar-refractivity contribution in [3.8, 4) is 6.07 Å². The van der Waals surface area contributed by atoms with Crippen molar-refractivity contribution in [3.05, 3.63) is 28.1 Å². The molecule has 64 valence electrons. The quantitative estimate of drug-likeness (QED) is 0.675. The van der Waals surface area contributed by atoms with Crippen molar-refractivity contribution in [2.75, 3.05) is 0 Å². The molecule has 0 radical (unpaired) electrons. The van der Waals surface area contributed by atoms with Crippen molar-refractivity contribution >= 4 is 34.3 Å². The Morgan fingerprint density at radius 2 is 2.15 bits per heavy atom. The highest BCUT2D eigenvalue weighted by molar-refractivity contribution is 6.35. The molecule has 1 heterocycles. The maximum absolute atomic E-state index is 8.63. The van der Waals surface area contributed by atoms with E-state index in [1.807, 2.05) is 6.07 Å². The van der Waals surface area contributed by atoms with Crippen LogP contribution in [0.2, 0.25) is 10.4 Å². The molecule has 0 atom stereocenters. The number of nitriles is 1. The van der Waals surface area contributed by atoms with Gasteiger partial charge in [-0.05, 0) is 23.7 Å². The van der Waals surface area contributed by atoms with Gasteiger partial charge in [0, 0.05) is 0 Å². The van der Waals surface area contributed by atoms with E-state index in [-0.39, 0.29) is 5.35 Å². The minimum absolute atomic E-state index is 0.0204. The summed E-state index contributed by atoms with van der Waals surface area (Å²) < 4.78 is 5.01. The number of hydrogen-bond acceptors (Lipinski definition) is 3. The first-order valence-corrected chi connectivity index (χ1v) is 4.12. The monoisotopic (exact) mass is 212 g/mol. The van der Waals surface area contributed by atoms with Gasteiger partial charge in [-0.15, -0.1) is 0 Å². The first-order valence-electron chi connectivity index (χ1n) is 3.36. The Kier molecular flexibility index (Phi) is 1.87. The maximum Gasteiger partial charge on any atom is 0.293 e. The van der Waals surface area contributed by atoms with E-state index in [4.69, 9.17) is 32.9 Å². The number of hydrogen-bond donors (Lipinski definition) is 0. The minimum atomic E-state index is 0.0204. The van der Waals surface area contributed by atoms with Crippen LogP contribution in [0.25, 0.3) is 11.1 Å². The number of halogens is 2. The smallest absolute Gasteiger partial charge is 0.293 e. The second-order valence-corrected chi connectivity index (χ2v) is 3.12. The van der Waals surface area contributed by atoms with E-state index in [9.17, 15) is 0 Å². The summed E-state index contributed by atoms with van der Waals surface area (Å²) in [6, 6.07) is 5.03. The zero-order valence-corrected chi connectivity index (χ0v) is 7.73. The summed E-state index contributed by atoms with van der Waals surface area (Å²) in [6.07, 6.45) is 0. The van der Waals surface area contributed by atoms with E-state index in [0.717, 1.165) is 0 Å². The molecule has 13 heavy (non-hydrogen) atoms. The number of aromatic nitrogens is 1. The van der Waals surface area contributed by atoms with E-state index in [2.05, 4.69) is 4.98 Å². The van der Waals surface area contributed by atoms with Crippen molar-refractivity contribution in [2.45, 2.75) is 0 Å². The second-order valence-electron chi connectivity index (χ2n) is 2.38. The Bertz CT molecular complexity index is 513. The first-order chi connectivity index (χ1) is 6.20. The fraction of sp³-hybridized carbons (Fsp3) is 0. The van der Waals surface area contributed by atoms with Crippen LogP contribution < -0.4 is 0 Å². The molecule has 0 aliphatic heterocycles. The van der Waals surface area contributed by atoms with Crippen LogP contribution in [0.4, 0.5) is 0 Å². The SMILES string of the molecule is N#Cc1cc(Cl)c2oc(Cl)nc2c1. The molecule has 0 spiro atoms. The fourth-order valence-electron chi connectivity index (χ4n) is 1.03. The van der Waals surface area contributed by atoms with Crippen molar-refractivity contribution in [1.82, 2.24) is 4.98 Å². The predicted molar refractivity (Wildman–Crippen MR) is 48.7 cm³/mol. The van der Waals surface area contributed by atoms with Crippen molar-refractivity contribution in [2.24, 2.45) is 0 Å². The fourth-order valence-corrected chi connectivity index (χ4v) is 1.45. The normalized spacial score (nSPS) is 10.2. The average Bonchev–Trinajstić information content (AvgIpc) is 2.46. The molecule has 0 aliphatic rings. The van der Waals surface area contributed by atoms with Crippen molar-refractivity contribution in [3.63, 3.8) is 0 Å². The van der Waals surface area contributed by atoms with Crippen molar-refractivity contribution in [1.29, 1.82) is 5.26 Å². The summed E-state index contributed by atoms with van der Waals surface area (Å²) in [6.45, 7) is 0. The first kappa shape index (κ1) is 8.36. The number of oxazole rings is 1. The summed E-state index contributed by atoms with van der Waals surface area (Å²) in [5.74, 6) is 0. The molecule has 2 rings (SSSR count). The number of fused-ring (bicyclic) bond motifs is 1. The third-order valence-electron chi connectivity index (χ3n) is 1.55. The standard InChI is InChI=1S/C8H2Cl2N2O/c9-5-1-4(3-11)2-6-7(5)13-8(10)12-6/h1-2H. The van der Waals surface area contributed by atoms with E-state index in [0.29, 0.717) is 21.7 Å². The molecule has 0 amide bonds. The van der Waals surface area contributed by atoms with Crippen LogP contribution >= 0.6 is 23.2 Å². The minimum Gasteiger partial charge on any atom is -0.426 e. The Labute approximate surface area is 83.5 Å². The van der Waals surface area contributed by atoms with Crippen LogP contribution in [0.1, 0.15) is 5.56 Å². The molecule has 0 saturated heterocycles. The van der Waals surface area contributed by atoms with E-state index < -0.39 is 0 Å². The number of benzene rings is 1. The highest BCUT2D eigenvalue weighted by Crippen LogP contribution is 2.27. The Balaban J connectivity index is 2.85. The molecule has 0 fully saturated rings. The number of nitrogens with zero attached hydrogens (tertiary/aromatic N) is 2. The largest absolute Gasteiger partial charge is 0.426 e. The third kappa shape index (κ3) is 1.35. The van der Waals surface area contributed by atoms with Crippen LogP contribution in [0, 0.1) is 11.3 Å². The van der Waals surface area contributed by atoms with E-state index >= 15 is 0 Å². The van der Waals surface area contributed by atoms with Gasteiger partial charge in [0.05, 0.1) is 16.7 Å². The molecule has 0 saturated carbocycles. The van der Waals surface area contributed by atoms with Gasteiger partial charge in [-0.25, -0.2) is 0 Å². The Morgan fingerprint density at radius 1 is 1.38 bits per heavy atom. The van der Waals surface area contributed by atoms with Gasteiger partial charge in [-0.3, -0.25) is 0 Å². The van der Waals surface area contributed by atoms with Gasteiger partial charge in [-0.2, -0.15) is 10.2 Å². The van der Waals surface area contributed by atoms with Gasteiger partial charge in [-0.1, -0.05) is 11.6 Å². The lowest BCUT2D eigenvalue weighted by Crippen LogP contribution is -1.75. The average molecular weight is 213 g/mol. The van der Waals surface area contributed by atoms with Crippen LogP contribution in [0.5, 0.6) is 0 Å². The molecule has 0 N–H and O–H groups in total. The molecule has 1 aromatic heterocycles. The van der Waals surface area contributed by atoms with Gasteiger partial charge in [0.1, 0.15) is 5.52 Å². The van der Waals surface area contributed by atoms with Crippen LogP contribution in [-0.4, -0.2) is 4.98 Å². The number of rotatable bonds is 0. The highest BCUT2D eigenvalue weighted by atomic mass is 35.5. The summed E-state index contributed by atoms with van der Waals surface area (Å²) >= 11 is 11.3. The molecular formula is C8H2Cl2N2O. The van der Waals surface area contributed by atoms with E-state index in [1.165, 1.54) is 6.07 Å².